The summed E-state index contributed by atoms with van der Waals surface area (Å²) in [7, 11) is 0. The molecular formula is C54H58O. The second-order valence-electron chi connectivity index (χ2n) is 20.3. The third-order valence-corrected chi connectivity index (χ3v) is 18.9. The molecule has 0 aliphatic heterocycles. The van der Waals surface area contributed by atoms with Gasteiger partial charge >= 0.3 is 0 Å². The molecule has 1 nitrogen and oxygen atoms in total. The monoisotopic (exact) mass is 722 g/mol. The van der Waals surface area contributed by atoms with Crippen LogP contribution in [0, 0.1) is 82.9 Å². The maximum atomic E-state index is 6.80. The van der Waals surface area contributed by atoms with Crippen molar-refractivity contribution in [2.24, 2.45) is 82.9 Å². The van der Waals surface area contributed by atoms with Gasteiger partial charge in [0, 0.05) is 10.8 Å². The van der Waals surface area contributed by atoms with Crippen LogP contribution in [0.4, 0.5) is 0 Å². The lowest BCUT2D eigenvalue weighted by Gasteiger charge is -2.61. The predicted octanol–water partition coefficient (Wildman–Crippen LogP) is 13.8. The second-order valence-corrected chi connectivity index (χ2v) is 20.3. The summed E-state index contributed by atoms with van der Waals surface area (Å²) in [5, 5.41) is 2.61. The molecule has 0 amide bonds. The zero-order valence-corrected chi connectivity index (χ0v) is 32.5. The van der Waals surface area contributed by atoms with Gasteiger partial charge in [0.2, 0.25) is 0 Å². The molecule has 0 bridgehead atoms. The first-order valence-corrected chi connectivity index (χ1v) is 23.0. The van der Waals surface area contributed by atoms with Gasteiger partial charge in [0.1, 0.15) is 11.2 Å². The highest BCUT2D eigenvalue weighted by molar-refractivity contribution is 6.05. The Labute approximate surface area is 328 Å². The fourth-order valence-corrected chi connectivity index (χ4v) is 17.9. The molecule has 0 spiro atoms. The summed E-state index contributed by atoms with van der Waals surface area (Å²) in [6, 6.07) is 40.5. The Hall–Kier alpha value is -3.58. The van der Waals surface area contributed by atoms with Crippen LogP contribution in [0.2, 0.25) is 0 Å². The van der Waals surface area contributed by atoms with Crippen LogP contribution in [0.15, 0.2) is 120 Å². The average Bonchev–Trinajstić information content (AvgIpc) is 3.91. The van der Waals surface area contributed by atoms with Crippen molar-refractivity contribution in [3.63, 3.8) is 0 Å². The SMILES string of the molecule is C1=CC2C(CC1)C1CCCC3C1C2CC1C(c2ccccc2)C2C4CCCC5C(c6cccc7c6oc6ccccc67)CCC(C54)C2C(c2ccccc2)C13. The van der Waals surface area contributed by atoms with Crippen molar-refractivity contribution in [3.8, 4) is 0 Å². The van der Waals surface area contributed by atoms with Gasteiger partial charge in [-0.15, -0.1) is 0 Å². The highest BCUT2D eigenvalue weighted by Crippen LogP contribution is 2.76. The molecule has 8 aliphatic carbocycles. The highest BCUT2D eigenvalue weighted by atomic mass is 16.3. The second kappa shape index (κ2) is 12.5. The van der Waals surface area contributed by atoms with Crippen molar-refractivity contribution in [3.05, 3.63) is 132 Å². The van der Waals surface area contributed by atoms with E-state index in [0.717, 1.165) is 88.4 Å². The number of benzene rings is 4. The van der Waals surface area contributed by atoms with E-state index in [1.54, 1.807) is 11.1 Å². The maximum absolute atomic E-state index is 6.80. The summed E-state index contributed by atoms with van der Waals surface area (Å²) >= 11 is 0. The van der Waals surface area contributed by atoms with Crippen molar-refractivity contribution in [1.82, 2.24) is 0 Å². The van der Waals surface area contributed by atoms with Crippen LogP contribution in [0.3, 0.4) is 0 Å². The Morgan fingerprint density at radius 1 is 0.436 bits per heavy atom. The van der Waals surface area contributed by atoms with E-state index in [4.69, 9.17) is 4.42 Å². The van der Waals surface area contributed by atoms with Crippen molar-refractivity contribution in [2.45, 2.75) is 88.4 Å². The number of para-hydroxylation sites is 2. The van der Waals surface area contributed by atoms with E-state index in [-0.39, 0.29) is 0 Å². The third kappa shape index (κ3) is 4.54. The zero-order valence-electron chi connectivity index (χ0n) is 32.5. The van der Waals surface area contributed by atoms with Crippen LogP contribution in [0.1, 0.15) is 105 Å². The molecular weight excluding hydrogens is 665 g/mol. The molecule has 7 fully saturated rings. The van der Waals surface area contributed by atoms with Crippen LogP contribution < -0.4 is 0 Å². The van der Waals surface area contributed by atoms with Crippen LogP contribution in [-0.4, -0.2) is 0 Å². The lowest BCUT2D eigenvalue weighted by atomic mass is 9.43. The summed E-state index contributed by atoms with van der Waals surface area (Å²) in [6.07, 6.45) is 21.1. The van der Waals surface area contributed by atoms with Gasteiger partial charge in [0.05, 0.1) is 0 Å². The molecule has 13 rings (SSSR count). The third-order valence-electron chi connectivity index (χ3n) is 18.9. The van der Waals surface area contributed by atoms with E-state index < -0.39 is 0 Å². The summed E-state index contributed by atoms with van der Waals surface area (Å²) in [4.78, 5) is 0. The fraction of sp³-hybridized carbons (Fsp3) is 0.519. The molecule has 17 unspecified atom stereocenters. The first-order valence-electron chi connectivity index (χ1n) is 23.0. The van der Waals surface area contributed by atoms with Gasteiger partial charge < -0.3 is 4.42 Å². The molecule has 0 saturated heterocycles. The molecule has 17 atom stereocenters. The number of hydrogen-bond acceptors (Lipinski definition) is 1. The van der Waals surface area contributed by atoms with E-state index in [1.165, 1.54) is 92.5 Å². The number of allylic oxidation sites excluding steroid dienone is 2. The number of furan rings is 1. The largest absolute Gasteiger partial charge is 0.456 e. The molecule has 55 heavy (non-hydrogen) atoms. The number of fused-ring (bicyclic) bond motifs is 11. The topological polar surface area (TPSA) is 13.1 Å². The number of rotatable bonds is 3. The summed E-state index contributed by atoms with van der Waals surface area (Å²) in [5.74, 6) is 14.1. The van der Waals surface area contributed by atoms with E-state index in [1.807, 2.05) is 0 Å². The van der Waals surface area contributed by atoms with Crippen LogP contribution in [-0.2, 0) is 0 Å². The quantitative estimate of drug-likeness (QED) is 0.169. The van der Waals surface area contributed by atoms with Gasteiger partial charge in [-0.25, -0.2) is 0 Å². The van der Waals surface area contributed by atoms with E-state index in [2.05, 4.69) is 115 Å². The molecule has 1 heterocycles. The molecule has 0 radical (unpaired) electrons. The fourth-order valence-electron chi connectivity index (χ4n) is 17.9. The minimum Gasteiger partial charge on any atom is -0.456 e. The Balaban J connectivity index is 0.976. The van der Waals surface area contributed by atoms with Crippen molar-refractivity contribution < 1.29 is 4.42 Å². The Morgan fingerprint density at radius 2 is 1.09 bits per heavy atom. The molecule has 7 saturated carbocycles. The van der Waals surface area contributed by atoms with E-state index in [9.17, 15) is 0 Å². The predicted molar refractivity (Wildman–Crippen MR) is 224 cm³/mol. The molecule has 4 aromatic carbocycles. The lowest BCUT2D eigenvalue weighted by Crippen LogP contribution is -2.54. The van der Waals surface area contributed by atoms with Gasteiger partial charge in [0.15, 0.2) is 0 Å². The molecule has 0 N–H and O–H groups in total. The van der Waals surface area contributed by atoms with Crippen LogP contribution >= 0.6 is 0 Å². The minimum atomic E-state index is 0.606. The van der Waals surface area contributed by atoms with Gasteiger partial charge in [0.25, 0.3) is 0 Å². The average molecular weight is 723 g/mol. The summed E-state index contributed by atoms with van der Waals surface area (Å²) < 4.78 is 6.80. The van der Waals surface area contributed by atoms with Crippen molar-refractivity contribution in [1.29, 1.82) is 0 Å². The van der Waals surface area contributed by atoms with Gasteiger partial charge in [-0.2, -0.15) is 0 Å². The molecule has 1 aromatic heterocycles. The first kappa shape index (κ1) is 32.5. The summed E-state index contributed by atoms with van der Waals surface area (Å²) in [6.45, 7) is 0. The molecule has 1 heteroatoms. The normalized spacial score (nSPS) is 43.7. The van der Waals surface area contributed by atoms with Crippen molar-refractivity contribution in [2.75, 3.05) is 0 Å². The molecule has 280 valence electrons. The van der Waals surface area contributed by atoms with Gasteiger partial charge in [-0.05, 0) is 181 Å². The van der Waals surface area contributed by atoms with Gasteiger partial charge in [-0.3, -0.25) is 0 Å². The minimum absolute atomic E-state index is 0.606. The van der Waals surface area contributed by atoms with E-state index >= 15 is 0 Å². The molecule has 8 aliphatic rings. The van der Waals surface area contributed by atoms with Crippen molar-refractivity contribution >= 4 is 21.9 Å². The number of hydrogen-bond donors (Lipinski definition) is 0. The zero-order chi connectivity index (χ0) is 35.8. The van der Waals surface area contributed by atoms with Gasteiger partial charge in [-0.1, -0.05) is 122 Å². The van der Waals surface area contributed by atoms with E-state index in [0.29, 0.717) is 17.8 Å². The Kier molecular flexibility index (Phi) is 7.36. The summed E-state index contributed by atoms with van der Waals surface area (Å²) in [5.41, 5.74) is 7.20. The first-order chi connectivity index (χ1) is 27.3. The molecule has 5 aromatic rings. The van der Waals surface area contributed by atoms with Crippen LogP contribution in [0.5, 0.6) is 0 Å². The smallest absolute Gasteiger partial charge is 0.138 e. The maximum Gasteiger partial charge on any atom is 0.138 e. The Bertz CT molecular complexity index is 2250. The highest BCUT2D eigenvalue weighted by Gasteiger charge is 2.69. The standard InChI is InChI=1S/C54H58O/c1-3-14-31(15-4-1)47-45-30-44-34-19-8-7-18-33(34)37-21-11-25-41(50(37)44)51(45)48(32-16-5-2-6-17-32)53-43-29-28-35(38-22-12-26-42(49(38)43)52(47)53)39-23-13-24-40-36-20-9-10-27-46(36)55-54(39)40/h1-6,8-10,13-17,19-20,23-24,27,33-35,37-38,41-45,47-53H,7,11-12,18,21-22,25-26,28-30H2. The van der Waals surface area contributed by atoms with Crippen LogP contribution in [0.25, 0.3) is 21.9 Å². The lowest BCUT2D eigenvalue weighted by molar-refractivity contribution is -0.0839. The Morgan fingerprint density at radius 3 is 1.93 bits per heavy atom.